The molecule has 0 radical (unpaired) electrons. The summed E-state index contributed by atoms with van der Waals surface area (Å²) in [4.78, 5) is 23.5. The number of rotatable bonds is 6. The van der Waals surface area contributed by atoms with Crippen LogP contribution in [0.1, 0.15) is 55.3 Å². The quantitative estimate of drug-likeness (QED) is 0.734. The first-order chi connectivity index (χ1) is 13.2. The van der Waals surface area contributed by atoms with Gasteiger partial charge in [0.15, 0.2) is 0 Å². The average Bonchev–Trinajstić information content (AvgIpc) is 2.65. The first-order valence-corrected chi connectivity index (χ1v) is 9.08. The largest absolute Gasteiger partial charge is 0.486 e. The Morgan fingerprint density at radius 2 is 1.79 bits per heavy atom. The van der Waals surface area contributed by atoms with Crippen LogP contribution in [-0.2, 0) is 16.0 Å². The lowest BCUT2D eigenvalue weighted by atomic mass is 10.1. The molecule has 0 aliphatic rings. The van der Waals surface area contributed by atoms with Crippen molar-refractivity contribution in [2.24, 2.45) is 0 Å². The number of alkyl carbamates (subject to hydrolysis) is 1. The van der Waals surface area contributed by atoms with Gasteiger partial charge in [-0.1, -0.05) is 30.3 Å². The Labute approximate surface area is 165 Å². The summed E-state index contributed by atoms with van der Waals surface area (Å²) in [7, 11) is 1.34. The van der Waals surface area contributed by atoms with E-state index in [-0.39, 0.29) is 6.10 Å². The Hall–Kier alpha value is -3.02. The second-order valence-corrected chi connectivity index (χ2v) is 7.38. The van der Waals surface area contributed by atoms with E-state index in [1.807, 2.05) is 52.0 Å². The van der Waals surface area contributed by atoms with Gasteiger partial charge in [-0.15, -0.1) is 0 Å². The minimum Gasteiger partial charge on any atom is -0.486 e. The maximum atomic E-state index is 11.8. The third kappa shape index (κ3) is 6.61. The molecule has 0 aromatic heterocycles. The number of nitrogens with one attached hydrogen (secondary N) is 1. The van der Waals surface area contributed by atoms with E-state index in [0.29, 0.717) is 17.9 Å². The fourth-order valence-electron chi connectivity index (χ4n) is 2.53. The summed E-state index contributed by atoms with van der Waals surface area (Å²) in [6.07, 6.45) is -0.698. The summed E-state index contributed by atoms with van der Waals surface area (Å²) >= 11 is 0. The van der Waals surface area contributed by atoms with Crippen molar-refractivity contribution in [2.75, 3.05) is 7.11 Å². The SMILES string of the molecule is COC(=O)c1cccc(O[C@H](C)c2cccc(CNC(=O)OC(C)(C)C)c2)c1. The van der Waals surface area contributed by atoms with Crippen molar-refractivity contribution in [3.8, 4) is 5.75 Å². The van der Waals surface area contributed by atoms with E-state index < -0.39 is 17.7 Å². The van der Waals surface area contributed by atoms with E-state index in [1.54, 1.807) is 24.3 Å². The number of ether oxygens (including phenoxy) is 3. The van der Waals surface area contributed by atoms with Crippen molar-refractivity contribution in [1.29, 1.82) is 0 Å². The average molecular weight is 385 g/mol. The molecule has 6 heteroatoms. The Morgan fingerprint density at radius 3 is 2.46 bits per heavy atom. The first kappa shape index (κ1) is 21.3. The van der Waals surface area contributed by atoms with E-state index >= 15 is 0 Å². The molecular weight excluding hydrogens is 358 g/mol. The molecule has 6 nitrogen and oxygen atoms in total. The summed E-state index contributed by atoms with van der Waals surface area (Å²) in [6.45, 7) is 7.74. The Bertz CT molecular complexity index is 826. The van der Waals surface area contributed by atoms with Crippen molar-refractivity contribution in [2.45, 2.75) is 45.9 Å². The van der Waals surface area contributed by atoms with Gasteiger partial charge in [0, 0.05) is 6.54 Å². The predicted molar refractivity (Wildman–Crippen MR) is 106 cm³/mol. The van der Waals surface area contributed by atoms with Gasteiger partial charge >= 0.3 is 12.1 Å². The molecule has 0 bridgehead atoms. The molecule has 0 spiro atoms. The van der Waals surface area contributed by atoms with Crippen LogP contribution in [0.3, 0.4) is 0 Å². The molecule has 1 amide bonds. The molecular formula is C22H27NO5. The van der Waals surface area contributed by atoms with Crippen LogP contribution < -0.4 is 10.1 Å². The van der Waals surface area contributed by atoms with E-state index in [2.05, 4.69) is 5.32 Å². The molecule has 0 saturated heterocycles. The van der Waals surface area contributed by atoms with Gasteiger partial charge in [0.1, 0.15) is 17.5 Å². The number of amides is 1. The fraction of sp³-hybridized carbons (Fsp3) is 0.364. The van der Waals surface area contributed by atoms with Crippen molar-refractivity contribution >= 4 is 12.1 Å². The maximum Gasteiger partial charge on any atom is 0.407 e. The number of carbonyl (C=O) groups is 2. The minimum atomic E-state index is -0.535. The molecule has 28 heavy (non-hydrogen) atoms. The molecule has 2 aromatic carbocycles. The van der Waals surface area contributed by atoms with Crippen LogP contribution >= 0.6 is 0 Å². The van der Waals surface area contributed by atoms with E-state index in [0.717, 1.165) is 11.1 Å². The van der Waals surface area contributed by atoms with Gasteiger partial charge < -0.3 is 19.5 Å². The smallest absolute Gasteiger partial charge is 0.407 e. The number of hydrogen-bond donors (Lipinski definition) is 1. The highest BCUT2D eigenvalue weighted by Gasteiger charge is 2.16. The highest BCUT2D eigenvalue weighted by molar-refractivity contribution is 5.89. The predicted octanol–water partition coefficient (Wildman–Crippen LogP) is 4.64. The molecule has 1 N–H and O–H groups in total. The monoisotopic (exact) mass is 385 g/mol. The third-order valence-corrected chi connectivity index (χ3v) is 3.82. The molecule has 150 valence electrons. The molecule has 0 saturated carbocycles. The molecule has 1 atom stereocenters. The Morgan fingerprint density at radius 1 is 1.07 bits per heavy atom. The number of carbonyl (C=O) groups excluding carboxylic acids is 2. The van der Waals surface area contributed by atoms with Crippen LogP contribution in [0, 0.1) is 0 Å². The Kier molecular flexibility index (Phi) is 7.04. The third-order valence-electron chi connectivity index (χ3n) is 3.82. The zero-order valence-corrected chi connectivity index (χ0v) is 16.9. The van der Waals surface area contributed by atoms with Gasteiger partial charge in [-0.05, 0) is 57.0 Å². The van der Waals surface area contributed by atoms with Crippen molar-refractivity contribution in [3.63, 3.8) is 0 Å². The van der Waals surface area contributed by atoms with E-state index in [9.17, 15) is 9.59 Å². The van der Waals surface area contributed by atoms with Gasteiger partial charge in [-0.3, -0.25) is 0 Å². The molecule has 0 fully saturated rings. The lowest BCUT2D eigenvalue weighted by molar-refractivity contribution is 0.0522. The van der Waals surface area contributed by atoms with Gasteiger partial charge in [0.2, 0.25) is 0 Å². The lowest BCUT2D eigenvalue weighted by Gasteiger charge is -2.20. The van der Waals surface area contributed by atoms with Crippen LogP contribution in [0.4, 0.5) is 4.79 Å². The van der Waals surface area contributed by atoms with Crippen LogP contribution in [0.25, 0.3) is 0 Å². The zero-order chi connectivity index (χ0) is 20.7. The highest BCUT2D eigenvalue weighted by atomic mass is 16.6. The Balaban J connectivity index is 2.01. The van der Waals surface area contributed by atoms with E-state index in [4.69, 9.17) is 14.2 Å². The van der Waals surface area contributed by atoms with Crippen LogP contribution in [0.15, 0.2) is 48.5 Å². The maximum absolute atomic E-state index is 11.8. The van der Waals surface area contributed by atoms with Gasteiger partial charge in [-0.25, -0.2) is 9.59 Å². The normalized spacial score (nSPS) is 12.0. The number of hydrogen-bond acceptors (Lipinski definition) is 5. The molecule has 0 aliphatic heterocycles. The summed E-state index contributed by atoms with van der Waals surface area (Å²) < 4.78 is 15.9. The van der Waals surface area contributed by atoms with Gasteiger partial charge in [0.05, 0.1) is 12.7 Å². The molecule has 2 aromatic rings. The van der Waals surface area contributed by atoms with E-state index in [1.165, 1.54) is 7.11 Å². The summed E-state index contributed by atoms with van der Waals surface area (Å²) in [5.74, 6) is 0.168. The number of benzene rings is 2. The summed E-state index contributed by atoms with van der Waals surface area (Å²) in [5, 5.41) is 2.74. The minimum absolute atomic E-state index is 0.241. The zero-order valence-electron chi connectivity index (χ0n) is 16.9. The highest BCUT2D eigenvalue weighted by Crippen LogP contribution is 2.23. The molecule has 0 aliphatic carbocycles. The second kappa shape index (κ2) is 9.26. The van der Waals surface area contributed by atoms with Crippen molar-refractivity contribution < 1.29 is 23.8 Å². The van der Waals surface area contributed by atoms with Crippen LogP contribution in [-0.4, -0.2) is 24.8 Å². The first-order valence-electron chi connectivity index (χ1n) is 9.08. The molecule has 0 heterocycles. The fourth-order valence-corrected chi connectivity index (χ4v) is 2.53. The summed E-state index contributed by atoms with van der Waals surface area (Å²) in [6, 6.07) is 14.6. The molecule has 0 unspecified atom stereocenters. The van der Waals surface area contributed by atoms with Gasteiger partial charge in [-0.2, -0.15) is 0 Å². The topological polar surface area (TPSA) is 73.9 Å². The summed E-state index contributed by atoms with van der Waals surface area (Å²) in [5.41, 5.74) is 1.78. The number of esters is 1. The van der Waals surface area contributed by atoms with Crippen molar-refractivity contribution in [3.05, 3.63) is 65.2 Å². The van der Waals surface area contributed by atoms with Crippen LogP contribution in [0.2, 0.25) is 0 Å². The van der Waals surface area contributed by atoms with Crippen LogP contribution in [0.5, 0.6) is 5.75 Å². The van der Waals surface area contributed by atoms with Gasteiger partial charge in [0.25, 0.3) is 0 Å². The lowest BCUT2D eigenvalue weighted by Crippen LogP contribution is -2.32. The second-order valence-electron chi connectivity index (χ2n) is 7.38. The number of methoxy groups -OCH3 is 1. The standard InChI is InChI=1S/C22H27NO5/c1-15(27-19-11-7-10-18(13-19)20(24)26-5)17-9-6-8-16(12-17)14-23-21(25)28-22(2,3)4/h6-13,15H,14H2,1-5H3,(H,23,25)/t15-/m1/s1. The molecule has 2 rings (SSSR count). The van der Waals surface area contributed by atoms with Crippen molar-refractivity contribution in [1.82, 2.24) is 5.32 Å².